The van der Waals surface area contributed by atoms with Crippen molar-refractivity contribution in [3.05, 3.63) is 99.4 Å². The minimum atomic E-state index is -1.08. The van der Waals surface area contributed by atoms with Crippen molar-refractivity contribution in [2.45, 2.75) is 13.0 Å². The minimum absolute atomic E-state index is 0.00479. The van der Waals surface area contributed by atoms with E-state index in [9.17, 15) is 19.5 Å². The summed E-state index contributed by atoms with van der Waals surface area (Å²) in [5.74, 6) is -2.59. The maximum atomic E-state index is 13.8. The van der Waals surface area contributed by atoms with Gasteiger partial charge in [-0.1, -0.05) is 59.9 Å². The molecular formula is C28H21ClN2O7S. The number of amides is 1. The number of aliphatic hydroxyl groups is 1. The van der Waals surface area contributed by atoms with E-state index in [0.29, 0.717) is 33.0 Å². The molecule has 39 heavy (non-hydrogen) atoms. The lowest BCUT2D eigenvalue weighted by Crippen LogP contribution is -2.31. The summed E-state index contributed by atoms with van der Waals surface area (Å²) in [6.07, 6.45) is 1.43. The molecule has 1 unspecified atom stereocenters. The van der Waals surface area contributed by atoms with E-state index in [1.807, 2.05) is 0 Å². The number of carbonyl (C=O) groups is 3. The van der Waals surface area contributed by atoms with Crippen molar-refractivity contribution in [1.29, 1.82) is 0 Å². The van der Waals surface area contributed by atoms with Gasteiger partial charge in [0.1, 0.15) is 11.5 Å². The molecule has 0 saturated carbocycles. The largest absolute Gasteiger partial charge is 0.503 e. The van der Waals surface area contributed by atoms with Crippen molar-refractivity contribution in [3.63, 3.8) is 0 Å². The number of carbonyl (C=O) groups excluding carboxylic acids is 3. The van der Waals surface area contributed by atoms with Crippen LogP contribution in [0.1, 0.15) is 37.5 Å². The monoisotopic (exact) mass is 564 g/mol. The summed E-state index contributed by atoms with van der Waals surface area (Å²) in [4.78, 5) is 45.6. The Kier molecular flexibility index (Phi) is 6.98. The topological polar surface area (TPSA) is 119 Å². The number of aryl methyl sites for hydroxylation is 1. The lowest BCUT2D eigenvalue weighted by atomic mass is 9.95. The summed E-state index contributed by atoms with van der Waals surface area (Å²) in [6, 6.07) is 12.1. The number of methoxy groups -OCH3 is 1. The van der Waals surface area contributed by atoms with E-state index >= 15 is 0 Å². The van der Waals surface area contributed by atoms with Gasteiger partial charge in [0.05, 0.1) is 24.4 Å². The fourth-order valence-corrected chi connectivity index (χ4v) is 5.42. The number of aromatic nitrogens is 1. The number of nitrogens with zero attached hydrogens (tertiary/aromatic N) is 2. The third-order valence-corrected chi connectivity index (χ3v) is 7.49. The van der Waals surface area contributed by atoms with Crippen molar-refractivity contribution in [3.8, 4) is 5.75 Å². The number of ether oxygens (including phenoxy) is 2. The second-order valence-corrected chi connectivity index (χ2v) is 9.92. The lowest BCUT2D eigenvalue weighted by Gasteiger charge is -2.24. The van der Waals surface area contributed by atoms with Gasteiger partial charge in [-0.05, 0) is 36.8 Å². The zero-order valence-corrected chi connectivity index (χ0v) is 22.3. The highest BCUT2D eigenvalue weighted by molar-refractivity contribution is 7.17. The summed E-state index contributed by atoms with van der Waals surface area (Å²) in [7, 11) is 1.48. The van der Waals surface area contributed by atoms with E-state index in [0.717, 1.165) is 11.3 Å². The average Bonchev–Trinajstić information content (AvgIpc) is 3.61. The SMILES string of the molecule is C=CCOC(=O)c1sc(N2C(=O)C(O)=C(C(=O)c3cc4cccc(OC)c4o3)C2c2ccc(Cl)cc2)nc1C. The highest BCUT2D eigenvalue weighted by Gasteiger charge is 2.47. The Morgan fingerprint density at radius 1 is 1.26 bits per heavy atom. The molecule has 2 aromatic carbocycles. The molecule has 1 atom stereocenters. The molecule has 9 nitrogen and oxygen atoms in total. The predicted octanol–water partition coefficient (Wildman–Crippen LogP) is 5.99. The van der Waals surface area contributed by atoms with Crippen LogP contribution in [0.5, 0.6) is 5.75 Å². The standard InChI is InChI=1S/C28H21ClN2O7S/c1-4-12-37-27(35)25-14(2)30-28(39-25)31-21(15-8-10-17(29)11-9-15)20(23(33)26(31)34)22(32)19-13-16-6-5-7-18(36-3)24(16)38-19/h4-11,13,21,33H,1,12H2,2-3H3. The van der Waals surface area contributed by atoms with Crippen LogP contribution in [0.15, 0.2) is 76.9 Å². The van der Waals surface area contributed by atoms with Crippen LogP contribution < -0.4 is 9.64 Å². The molecule has 3 heterocycles. The Labute approximate surface area is 231 Å². The fourth-order valence-electron chi connectivity index (χ4n) is 4.31. The highest BCUT2D eigenvalue weighted by atomic mass is 35.5. The number of ketones is 1. The molecule has 0 saturated heterocycles. The number of anilines is 1. The van der Waals surface area contributed by atoms with E-state index in [-0.39, 0.29) is 27.9 Å². The summed E-state index contributed by atoms with van der Waals surface area (Å²) < 4.78 is 16.3. The van der Waals surface area contributed by atoms with Crippen LogP contribution in [0, 0.1) is 6.92 Å². The van der Waals surface area contributed by atoms with Crippen molar-refractivity contribution in [2.75, 3.05) is 18.6 Å². The number of fused-ring (bicyclic) bond motifs is 1. The number of aliphatic hydroxyl groups excluding tert-OH is 1. The van der Waals surface area contributed by atoms with Gasteiger partial charge >= 0.3 is 5.97 Å². The third kappa shape index (κ3) is 4.58. The molecule has 198 valence electrons. The molecule has 2 aromatic heterocycles. The summed E-state index contributed by atoms with van der Waals surface area (Å²) in [6.45, 7) is 5.13. The first-order valence-corrected chi connectivity index (χ1v) is 12.8. The van der Waals surface area contributed by atoms with Crippen LogP contribution in [-0.2, 0) is 9.53 Å². The van der Waals surface area contributed by atoms with Gasteiger partial charge < -0.3 is 19.0 Å². The molecule has 1 N–H and O–H groups in total. The van der Waals surface area contributed by atoms with Crippen molar-refractivity contribution >= 4 is 56.7 Å². The Morgan fingerprint density at radius 3 is 2.69 bits per heavy atom. The maximum absolute atomic E-state index is 13.8. The van der Waals surface area contributed by atoms with Crippen molar-refractivity contribution < 1.29 is 33.4 Å². The zero-order valence-electron chi connectivity index (χ0n) is 20.8. The van der Waals surface area contributed by atoms with Gasteiger partial charge in [-0.25, -0.2) is 9.78 Å². The minimum Gasteiger partial charge on any atom is -0.503 e. The maximum Gasteiger partial charge on any atom is 0.350 e. The van der Waals surface area contributed by atoms with Gasteiger partial charge in [0.2, 0.25) is 5.78 Å². The number of hydrogen-bond donors (Lipinski definition) is 1. The van der Waals surface area contributed by atoms with Crippen LogP contribution in [0.2, 0.25) is 5.02 Å². The number of Topliss-reactive ketones (excluding diaryl/α,β-unsaturated/α-hetero) is 1. The van der Waals surface area contributed by atoms with E-state index < -0.39 is 29.5 Å². The Hall–Kier alpha value is -4.41. The predicted molar refractivity (Wildman–Crippen MR) is 146 cm³/mol. The molecule has 4 aromatic rings. The second-order valence-electron chi connectivity index (χ2n) is 8.51. The van der Waals surface area contributed by atoms with Gasteiger partial charge in [-0.3, -0.25) is 14.5 Å². The molecule has 1 aliphatic rings. The number of halogens is 1. The highest BCUT2D eigenvalue weighted by Crippen LogP contribution is 2.44. The number of hydrogen-bond acceptors (Lipinski definition) is 9. The fraction of sp³-hybridized carbons (Fsp3) is 0.143. The number of rotatable bonds is 8. The first-order valence-electron chi connectivity index (χ1n) is 11.6. The van der Waals surface area contributed by atoms with Crippen molar-refractivity contribution in [2.24, 2.45) is 0 Å². The van der Waals surface area contributed by atoms with Crippen molar-refractivity contribution in [1.82, 2.24) is 4.98 Å². The number of thiazole rings is 1. The van der Waals surface area contributed by atoms with Gasteiger partial charge in [0.25, 0.3) is 5.91 Å². The van der Waals surface area contributed by atoms with Crippen LogP contribution in [-0.4, -0.2) is 41.5 Å². The Bertz CT molecular complexity index is 1670. The van der Waals surface area contributed by atoms with E-state index in [2.05, 4.69) is 11.6 Å². The molecular weight excluding hydrogens is 544 g/mol. The molecule has 0 fully saturated rings. The second kappa shape index (κ2) is 10.4. The first-order chi connectivity index (χ1) is 18.7. The van der Waals surface area contributed by atoms with Gasteiger partial charge in [-0.15, -0.1) is 0 Å². The van der Waals surface area contributed by atoms with Gasteiger partial charge in [-0.2, -0.15) is 0 Å². The van der Waals surface area contributed by atoms with E-state index in [1.165, 1.54) is 24.2 Å². The summed E-state index contributed by atoms with van der Waals surface area (Å²) >= 11 is 7.00. The number of furan rings is 1. The number of benzene rings is 2. The molecule has 1 amide bonds. The first kappa shape index (κ1) is 26.2. The van der Waals surface area contributed by atoms with Crippen LogP contribution >= 0.6 is 22.9 Å². The molecule has 0 spiro atoms. The number of para-hydroxylation sites is 1. The summed E-state index contributed by atoms with van der Waals surface area (Å²) in [5.41, 5.74) is 0.961. The number of esters is 1. The molecule has 1 aliphatic heterocycles. The Morgan fingerprint density at radius 2 is 2.00 bits per heavy atom. The van der Waals surface area contributed by atoms with E-state index in [1.54, 1.807) is 49.4 Å². The third-order valence-electron chi connectivity index (χ3n) is 6.10. The van der Waals surface area contributed by atoms with Crippen LogP contribution in [0.25, 0.3) is 11.0 Å². The van der Waals surface area contributed by atoms with E-state index in [4.69, 9.17) is 25.5 Å². The molecule has 0 bridgehead atoms. The van der Waals surface area contributed by atoms with Gasteiger partial charge in [0.15, 0.2) is 28.0 Å². The zero-order chi connectivity index (χ0) is 27.8. The lowest BCUT2D eigenvalue weighted by molar-refractivity contribution is -0.117. The average molecular weight is 565 g/mol. The normalized spacial score (nSPS) is 15.2. The molecule has 11 heteroatoms. The smallest absolute Gasteiger partial charge is 0.350 e. The summed E-state index contributed by atoms with van der Waals surface area (Å²) in [5, 5.41) is 12.2. The van der Waals surface area contributed by atoms with Gasteiger partial charge in [0, 0.05) is 10.4 Å². The molecule has 0 aliphatic carbocycles. The van der Waals surface area contributed by atoms with Crippen LogP contribution in [0.3, 0.4) is 0 Å². The quantitative estimate of drug-likeness (QED) is 0.157. The Balaban J connectivity index is 1.62. The molecule has 5 rings (SSSR count). The molecule has 0 radical (unpaired) electrons. The van der Waals surface area contributed by atoms with Crippen LogP contribution in [0.4, 0.5) is 5.13 Å².